The first-order chi connectivity index (χ1) is 8.08. The van der Waals surface area contributed by atoms with E-state index in [4.69, 9.17) is 15.2 Å². The normalized spacial score (nSPS) is 18.9. The van der Waals surface area contributed by atoms with Crippen molar-refractivity contribution in [2.45, 2.75) is 19.4 Å². The number of carbonyl (C=O) groups excluding carboxylic acids is 2. The van der Waals surface area contributed by atoms with Crippen LogP contribution in [0, 0.1) is 6.92 Å². The predicted octanol–water partition coefficient (Wildman–Crippen LogP) is 1.05. The molecule has 1 aromatic carbocycles. The van der Waals surface area contributed by atoms with E-state index >= 15 is 0 Å². The summed E-state index contributed by atoms with van der Waals surface area (Å²) in [5.74, 6) is -1.08. The van der Waals surface area contributed by atoms with Crippen LogP contribution in [0.25, 0.3) is 0 Å². The summed E-state index contributed by atoms with van der Waals surface area (Å²) in [5.41, 5.74) is 7.21. The van der Waals surface area contributed by atoms with Crippen molar-refractivity contribution in [1.29, 1.82) is 0 Å². The van der Waals surface area contributed by atoms with Gasteiger partial charge in [-0.15, -0.1) is 0 Å². The summed E-state index contributed by atoms with van der Waals surface area (Å²) < 4.78 is 9.76. The maximum atomic E-state index is 11.8. The summed E-state index contributed by atoms with van der Waals surface area (Å²) >= 11 is 0. The Hall–Kier alpha value is -2.04. The van der Waals surface area contributed by atoms with Crippen LogP contribution in [0.2, 0.25) is 0 Å². The minimum atomic E-state index is -0.803. The molecule has 17 heavy (non-hydrogen) atoms. The van der Waals surface area contributed by atoms with E-state index in [1.807, 2.05) is 6.92 Å². The summed E-state index contributed by atoms with van der Waals surface area (Å²) in [6, 6.07) is 5.08. The quantitative estimate of drug-likeness (QED) is 0.612. The van der Waals surface area contributed by atoms with Crippen molar-refractivity contribution >= 4 is 17.6 Å². The molecule has 1 fully saturated rings. The van der Waals surface area contributed by atoms with Gasteiger partial charge in [0.25, 0.3) is 0 Å². The lowest BCUT2D eigenvalue weighted by atomic mass is 10.1. The fourth-order valence-corrected chi connectivity index (χ4v) is 1.62. The summed E-state index contributed by atoms with van der Waals surface area (Å²) in [6.07, 6.45) is -0.404. The lowest BCUT2D eigenvalue weighted by Gasteiger charge is -2.10. The van der Waals surface area contributed by atoms with Crippen LogP contribution in [-0.4, -0.2) is 24.6 Å². The van der Waals surface area contributed by atoms with Gasteiger partial charge in [0.2, 0.25) is 6.10 Å². The van der Waals surface area contributed by atoms with Crippen LogP contribution in [0.3, 0.4) is 0 Å². The van der Waals surface area contributed by atoms with Crippen molar-refractivity contribution in [2.24, 2.45) is 0 Å². The van der Waals surface area contributed by atoms with Gasteiger partial charge < -0.3 is 15.2 Å². The molecule has 0 bridgehead atoms. The molecular weight excluding hydrogens is 222 g/mol. The van der Waals surface area contributed by atoms with Gasteiger partial charge in [-0.05, 0) is 19.1 Å². The van der Waals surface area contributed by atoms with Gasteiger partial charge in [-0.3, -0.25) is 0 Å². The number of ether oxygens (including phenoxy) is 2. The number of rotatable bonds is 2. The molecule has 1 heterocycles. The Morgan fingerprint density at radius 1 is 1.53 bits per heavy atom. The number of benzene rings is 1. The van der Waals surface area contributed by atoms with Gasteiger partial charge in [-0.25, -0.2) is 9.59 Å². The molecule has 0 aliphatic carbocycles. The minimum Gasteiger partial charge on any atom is -0.463 e. The SMILES string of the molecule is Cc1ccc(N)c(C(=O)OC2CCOC2=O)c1. The fourth-order valence-electron chi connectivity index (χ4n) is 1.62. The number of anilines is 1. The molecule has 2 rings (SSSR count). The Morgan fingerprint density at radius 3 is 2.94 bits per heavy atom. The molecule has 1 saturated heterocycles. The second-order valence-corrected chi connectivity index (χ2v) is 3.94. The molecule has 1 aliphatic rings. The van der Waals surface area contributed by atoms with E-state index in [0.717, 1.165) is 5.56 Å². The molecule has 0 radical (unpaired) electrons. The van der Waals surface area contributed by atoms with Crippen LogP contribution in [-0.2, 0) is 14.3 Å². The van der Waals surface area contributed by atoms with Gasteiger partial charge in [0.05, 0.1) is 12.2 Å². The van der Waals surface area contributed by atoms with E-state index in [1.165, 1.54) is 0 Å². The van der Waals surface area contributed by atoms with Crippen molar-refractivity contribution < 1.29 is 19.1 Å². The van der Waals surface area contributed by atoms with E-state index in [1.54, 1.807) is 18.2 Å². The molecule has 0 amide bonds. The van der Waals surface area contributed by atoms with Crippen LogP contribution >= 0.6 is 0 Å². The molecule has 5 nitrogen and oxygen atoms in total. The molecule has 0 spiro atoms. The minimum absolute atomic E-state index is 0.282. The van der Waals surface area contributed by atoms with E-state index in [9.17, 15) is 9.59 Å². The molecule has 0 saturated carbocycles. The highest BCUT2D eigenvalue weighted by Crippen LogP contribution is 2.18. The van der Waals surface area contributed by atoms with Crippen LogP contribution in [0.1, 0.15) is 22.3 Å². The average Bonchev–Trinajstić information content (AvgIpc) is 2.68. The maximum absolute atomic E-state index is 11.8. The zero-order valence-corrected chi connectivity index (χ0v) is 9.43. The summed E-state index contributed by atoms with van der Waals surface area (Å²) in [5, 5.41) is 0. The molecule has 5 heteroatoms. The lowest BCUT2D eigenvalue weighted by Crippen LogP contribution is -2.23. The number of hydrogen-bond donors (Lipinski definition) is 1. The summed E-state index contributed by atoms with van der Waals surface area (Å²) in [7, 11) is 0. The number of carbonyl (C=O) groups is 2. The molecule has 2 N–H and O–H groups in total. The largest absolute Gasteiger partial charge is 0.463 e. The highest BCUT2D eigenvalue weighted by atomic mass is 16.6. The number of nitrogens with two attached hydrogens (primary N) is 1. The van der Waals surface area contributed by atoms with Gasteiger partial charge in [0, 0.05) is 12.1 Å². The van der Waals surface area contributed by atoms with E-state index in [-0.39, 0.29) is 5.56 Å². The molecule has 1 atom stereocenters. The van der Waals surface area contributed by atoms with Crippen molar-refractivity contribution in [3.63, 3.8) is 0 Å². The zero-order valence-electron chi connectivity index (χ0n) is 9.43. The summed E-state index contributed by atoms with van der Waals surface area (Å²) in [6.45, 7) is 2.14. The van der Waals surface area contributed by atoms with Crippen LogP contribution < -0.4 is 5.73 Å². The van der Waals surface area contributed by atoms with E-state index in [0.29, 0.717) is 18.7 Å². The standard InChI is InChI=1S/C12H13NO4/c1-7-2-3-9(13)8(6-7)11(14)17-10-4-5-16-12(10)15/h2-3,6,10H,4-5,13H2,1H3. The highest BCUT2D eigenvalue weighted by Gasteiger charge is 2.30. The van der Waals surface area contributed by atoms with Crippen molar-refractivity contribution in [2.75, 3.05) is 12.3 Å². The number of cyclic esters (lactones) is 1. The third-order valence-corrected chi connectivity index (χ3v) is 2.57. The van der Waals surface area contributed by atoms with Crippen LogP contribution in [0.15, 0.2) is 18.2 Å². The third-order valence-electron chi connectivity index (χ3n) is 2.57. The lowest BCUT2D eigenvalue weighted by molar-refractivity contribution is -0.145. The maximum Gasteiger partial charge on any atom is 0.347 e. The van der Waals surface area contributed by atoms with Gasteiger partial charge in [-0.2, -0.15) is 0 Å². The first kappa shape index (κ1) is 11.4. The van der Waals surface area contributed by atoms with Gasteiger partial charge in [-0.1, -0.05) is 11.6 Å². The Bertz CT molecular complexity index is 470. The zero-order chi connectivity index (χ0) is 12.4. The van der Waals surface area contributed by atoms with Gasteiger partial charge in [0.1, 0.15) is 0 Å². The second-order valence-electron chi connectivity index (χ2n) is 3.94. The first-order valence-corrected chi connectivity index (χ1v) is 5.31. The first-order valence-electron chi connectivity index (χ1n) is 5.31. The van der Waals surface area contributed by atoms with Gasteiger partial charge >= 0.3 is 11.9 Å². The predicted molar refractivity (Wildman–Crippen MR) is 60.4 cm³/mol. The van der Waals surface area contributed by atoms with Crippen molar-refractivity contribution in [1.82, 2.24) is 0 Å². The fraction of sp³-hybridized carbons (Fsp3) is 0.333. The topological polar surface area (TPSA) is 78.6 Å². The van der Waals surface area contributed by atoms with Crippen molar-refractivity contribution in [3.8, 4) is 0 Å². The molecule has 1 unspecified atom stereocenters. The van der Waals surface area contributed by atoms with Crippen molar-refractivity contribution in [3.05, 3.63) is 29.3 Å². The number of nitrogen functional groups attached to an aromatic ring is 1. The van der Waals surface area contributed by atoms with E-state index < -0.39 is 18.0 Å². The van der Waals surface area contributed by atoms with Gasteiger partial charge in [0.15, 0.2) is 0 Å². The number of hydrogen-bond acceptors (Lipinski definition) is 5. The highest BCUT2D eigenvalue weighted by molar-refractivity contribution is 5.96. The Morgan fingerprint density at radius 2 is 2.29 bits per heavy atom. The number of aryl methyl sites for hydroxylation is 1. The summed E-state index contributed by atoms with van der Waals surface area (Å²) in [4.78, 5) is 23.0. The molecule has 1 aromatic rings. The average molecular weight is 235 g/mol. The molecule has 90 valence electrons. The Labute approximate surface area is 98.5 Å². The molecule has 1 aliphatic heterocycles. The monoisotopic (exact) mass is 235 g/mol. The third kappa shape index (κ3) is 2.38. The second kappa shape index (κ2) is 4.45. The molecule has 0 aromatic heterocycles. The molecular formula is C12H13NO4. The Balaban J connectivity index is 2.14. The van der Waals surface area contributed by atoms with Crippen LogP contribution in [0.5, 0.6) is 0 Å². The van der Waals surface area contributed by atoms with Crippen LogP contribution in [0.4, 0.5) is 5.69 Å². The Kier molecular flexibility index (Phi) is 2.99. The number of esters is 2. The van der Waals surface area contributed by atoms with E-state index in [2.05, 4.69) is 0 Å². The smallest absolute Gasteiger partial charge is 0.347 e.